The van der Waals surface area contributed by atoms with E-state index in [0.717, 1.165) is 37.6 Å². The smallest absolute Gasteiger partial charge is 0.412 e. The van der Waals surface area contributed by atoms with Crippen LogP contribution in [-0.2, 0) is 29.0 Å². The molecule has 0 aliphatic carbocycles. The second-order valence-corrected chi connectivity index (χ2v) is 9.55. The molecule has 1 aromatic rings. The number of hydrogen-bond acceptors (Lipinski definition) is 6. The zero-order valence-electron chi connectivity index (χ0n) is 19.9. The highest BCUT2D eigenvalue weighted by Crippen LogP contribution is 2.33. The van der Waals surface area contributed by atoms with Crippen LogP contribution < -0.4 is 10.6 Å². The average molecular weight is 436 g/mol. The molecule has 2 atom stereocenters. The lowest BCUT2D eigenvalue weighted by Gasteiger charge is -2.35. The summed E-state index contributed by atoms with van der Waals surface area (Å²) in [7, 11) is 0. The molecule has 0 saturated carbocycles. The summed E-state index contributed by atoms with van der Waals surface area (Å²) in [6.45, 7) is 16.0. The molecule has 0 bridgehead atoms. The number of ether oxygens (including phenoxy) is 2. The third kappa shape index (κ3) is 5.47. The van der Waals surface area contributed by atoms with Crippen LogP contribution in [-0.4, -0.2) is 68.3 Å². The van der Waals surface area contributed by atoms with Crippen molar-refractivity contribution in [2.45, 2.75) is 97.9 Å². The van der Waals surface area contributed by atoms with Gasteiger partial charge in [-0.05, 0) is 54.9 Å². The quantitative estimate of drug-likeness (QED) is 0.538. The van der Waals surface area contributed by atoms with E-state index in [2.05, 4.69) is 30.4 Å². The van der Waals surface area contributed by atoms with E-state index in [0.29, 0.717) is 19.0 Å². The topological polar surface area (TPSA) is 106 Å². The molecule has 1 aromatic heterocycles. The van der Waals surface area contributed by atoms with E-state index < -0.39 is 11.3 Å². The average Bonchev–Trinajstić information content (AvgIpc) is 3.29. The van der Waals surface area contributed by atoms with Crippen molar-refractivity contribution in [2.24, 2.45) is 4.99 Å². The van der Waals surface area contributed by atoms with E-state index in [1.165, 1.54) is 0 Å². The number of nitrogens with zero attached hydrogens (tertiary/aromatic N) is 5. The molecular formula is C21H37N7O3. The highest BCUT2D eigenvalue weighted by atomic mass is 16.6. The van der Waals surface area contributed by atoms with Gasteiger partial charge in [0.1, 0.15) is 23.7 Å². The highest BCUT2D eigenvalue weighted by Gasteiger charge is 2.49. The summed E-state index contributed by atoms with van der Waals surface area (Å²) in [5.41, 5.74) is -1.34. The number of guanidine groups is 1. The van der Waals surface area contributed by atoms with Gasteiger partial charge in [-0.25, -0.2) is 9.79 Å². The van der Waals surface area contributed by atoms with Crippen molar-refractivity contribution >= 4 is 12.1 Å². The summed E-state index contributed by atoms with van der Waals surface area (Å²) in [4.78, 5) is 19.3. The predicted molar refractivity (Wildman–Crippen MR) is 118 cm³/mol. The van der Waals surface area contributed by atoms with E-state index in [4.69, 9.17) is 9.47 Å². The zero-order chi connectivity index (χ0) is 22.8. The molecule has 10 nitrogen and oxygen atoms in total. The Balaban J connectivity index is 1.69. The number of aryl methyl sites for hydroxylation is 1. The van der Waals surface area contributed by atoms with Crippen molar-refractivity contribution in [2.75, 3.05) is 13.1 Å². The van der Waals surface area contributed by atoms with Crippen molar-refractivity contribution in [3.8, 4) is 0 Å². The molecule has 3 heterocycles. The molecule has 0 aromatic carbocycles. The fraction of sp³-hybridized carbons (Fsp3) is 0.810. The maximum atomic E-state index is 12.9. The maximum absolute atomic E-state index is 12.9. The Bertz CT molecular complexity index is 812. The number of rotatable bonds is 5. The first kappa shape index (κ1) is 23.3. The molecule has 0 spiro atoms. The molecule has 1 fully saturated rings. The van der Waals surface area contributed by atoms with Crippen LogP contribution in [0.15, 0.2) is 4.99 Å². The van der Waals surface area contributed by atoms with Gasteiger partial charge < -0.3 is 24.7 Å². The Hall–Kier alpha value is -2.36. The van der Waals surface area contributed by atoms with E-state index in [9.17, 15) is 4.79 Å². The van der Waals surface area contributed by atoms with Gasteiger partial charge in [0.2, 0.25) is 0 Å². The summed E-state index contributed by atoms with van der Waals surface area (Å²) < 4.78 is 13.9. The Morgan fingerprint density at radius 1 is 1.32 bits per heavy atom. The van der Waals surface area contributed by atoms with Crippen LogP contribution in [0.4, 0.5) is 4.79 Å². The largest absolute Gasteiger partial charge is 0.444 e. The third-order valence-corrected chi connectivity index (χ3v) is 5.41. The number of nitrogens with one attached hydrogen (secondary N) is 2. The lowest BCUT2D eigenvalue weighted by molar-refractivity contribution is -0.0755. The number of aliphatic imine (C=N–C) groups is 1. The van der Waals surface area contributed by atoms with Crippen molar-refractivity contribution in [3.63, 3.8) is 0 Å². The molecule has 3 rings (SSSR count). The van der Waals surface area contributed by atoms with Crippen molar-refractivity contribution in [3.05, 3.63) is 11.6 Å². The number of amides is 1. The molecular weight excluding hydrogens is 398 g/mol. The Morgan fingerprint density at radius 3 is 2.74 bits per heavy atom. The Kier molecular flexibility index (Phi) is 6.78. The van der Waals surface area contributed by atoms with Crippen molar-refractivity contribution in [1.29, 1.82) is 0 Å². The molecule has 174 valence electrons. The molecule has 31 heavy (non-hydrogen) atoms. The van der Waals surface area contributed by atoms with Crippen LogP contribution in [0.2, 0.25) is 0 Å². The fourth-order valence-corrected chi connectivity index (χ4v) is 4.14. The van der Waals surface area contributed by atoms with Gasteiger partial charge in [0, 0.05) is 26.1 Å². The second kappa shape index (κ2) is 9.02. The Morgan fingerprint density at radius 2 is 2.06 bits per heavy atom. The summed E-state index contributed by atoms with van der Waals surface area (Å²) in [6.07, 6.45) is 1.55. The van der Waals surface area contributed by atoms with Gasteiger partial charge in [-0.3, -0.25) is 4.90 Å². The fourth-order valence-electron chi connectivity index (χ4n) is 4.14. The highest BCUT2D eigenvalue weighted by molar-refractivity contribution is 5.80. The summed E-state index contributed by atoms with van der Waals surface area (Å²) in [5.74, 6) is 2.58. The number of aromatic nitrogens is 3. The van der Waals surface area contributed by atoms with Gasteiger partial charge in [-0.1, -0.05) is 0 Å². The lowest BCUT2D eigenvalue weighted by atomic mass is 10.1. The molecule has 1 saturated heterocycles. The van der Waals surface area contributed by atoms with E-state index in [-0.39, 0.29) is 18.2 Å². The molecule has 2 aliphatic heterocycles. The monoisotopic (exact) mass is 435 g/mol. The maximum Gasteiger partial charge on any atom is 0.412 e. The second-order valence-electron chi connectivity index (χ2n) is 9.55. The molecule has 2 aliphatic rings. The van der Waals surface area contributed by atoms with Crippen LogP contribution >= 0.6 is 0 Å². The Labute approximate surface area is 184 Å². The molecule has 10 heteroatoms. The number of carbonyl (C=O) groups is 1. The van der Waals surface area contributed by atoms with E-state index >= 15 is 0 Å². The molecule has 1 amide bonds. The predicted octanol–water partition coefficient (Wildman–Crippen LogP) is 2.04. The number of carbonyl (C=O) groups excluding carboxylic acids is 1. The number of fused-ring (bicyclic) bond motifs is 1. The summed E-state index contributed by atoms with van der Waals surface area (Å²) >= 11 is 0. The molecule has 0 radical (unpaired) electrons. The standard InChI is InChI=1S/C21H37N7O3/c1-8-22-18(24-13-17-26-25-16-10-9-11-27(16)17)23-12-15-14(2)30-21(6,7)28(15)19(29)31-20(3,4)5/h14-15H,8-13H2,1-7H3,(H2,22,23,24). The van der Waals surface area contributed by atoms with Gasteiger partial charge >= 0.3 is 6.09 Å². The van der Waals surface area contributed by atoms with Crippen LogP contribution in [0.25, 0.3) is 0 Å². The third-order valence-electron chi connectivity index (χ3n) is 5.41. The first-order valence-electron chi connectivity index (χ1n) is 11.1. The first-order chi connectivity index (χ1) is 14.5. The van der Waals surface area contributed by atoms with Gasteiger partial charge in [-0.2, -0.15) is 0 Å². The number of hydrogen-bond donors (Lipinski definition) is 2. The van der Waals surface area contributed by atoms with Crippen LogP contribution in [0.1, 0.15) is 66.5 Å². The first-order valence-corrected chi connectivity index (χ1v) is 11.1. The van der Waals surface area contributed by atoms with Crippen LogP contribution in [0.5, 0.6) is 0 Å². The van der Waals surface area contributed by atoms with E-state index in [1.807, 2.05) is 48.5 Å². The van der Waals surface area contributed by atoms with Crippen LogP contribution in [0.3, 0.4) is 0 Å². The van der Waals surface area contributed by atoms with Crippen molar-refractivity contribution < 1.29 is 14.3 Å². The minimum Gasteiger partial charge on any atom is -0.444 e. The zero-order valence-corrected chi connectivity index (χ0v) is 19.9. The van der Waals surface area contributed by atoms with Gasteiger partial charge in [0.25, 0.3) is 0 Å². The molecule has 2 N–H and O–H groups in total. The summed E-state index contributed by atoms with van der Waals surface area (Å²) in [5, 5.41) is 15.1. The van der Waals surface area contributed by atoms with Gasteiger partial charge in [0.15, 0.2) is 11.8 Å². The summed E-state index contributed by atoms with van der Waals surface area (Å²) in [6, 6.07) is -0.203. The van der Waals surface area contributed by atoms with E-state index in [1.54, 1.807) is 4.90 Å². The van der Waals surface area contributed by atoms with Gasteiger partial charge in [-0.15, -0.1) is 10.2 Å². The van der Waals surface area contributed by atoms with Gasteiger partial charge in [0.05, 0.1) is 12.1 Å². The SMILES string of the molecule is CCNC(=NCc1nnc2n1CCC2)NCC1C(C)OC(C)(C)N1C(=O)OC(C)(C)C. The lowest BCUT2D eigenvalue weighted by Crippen LogP contribution is -2.54. The minimum atomic E-state index is -0.758. The minimum absolute atomic E-state index is 0.155. The van der Waals surface area contributed by atoms with Crippen LogP contribution in [0, 0.1) is 0 Å². The van der Waals surface area contributed by atoms with Crippen molar-refractivity contribution in [1.82, 2.24) is 30.3 Å². The normalized spacial score (nSPS) is 23.1. The molecule has 2 unspecified atom stereocenters.